The predicted molar refractivity (Wildman–Crippen MR) is 89.0 cm³/mol. The Kier molecular flexibility index (Phi) is 4.02. The van der Waals surface area contributed by atoms with E-state index in [9.17, 15) is 18.0 Å². The van der Waals surface area contributed by atoms with Crippen LogP contribution < -0.4 is 0 Å². The number of nitrogens with zero attached hydrogens (tertiary/aromatic N) is 1. The largest absolute Gasteiger partial charge is 0.467 e. The van der Waals surface area contributed by atoms with Crippen LogP contribution >= 0.6 is 15.9 Å². The second-order valence-electron chi connectivity index (χ2n) is 8.25. The van der Waals surface area contributed by atoms with Crippen LogP contribution in [0.5, 0.6) is 0 Å². The topological polar surface area (TPSA) is 33.5 Å². The molecule has 1 amide bonds. The molecule has 5 rings (SSSR count). The van der Waals surface area contributed by atoms with E-state index < -0.39 is 18.1 Å². The Balaban J connectivity index is 1.61. The predicted octanol–water partition coefficient (Wildman–Crippen LogP) is 4.90. The molecule has 138 valence electrons. The first-order chi connectivity index (χ1) is 11.7. The van der Waals surface area contributed by atoms with Gasteiger partial charge in [-0.25, -0.2) is 0 Å². The lowest BCUT2D eigenvalue weighted by molar-refractivity contribution is -0.177. The standard InChI is InChI=1S/C18H21BrF3NO2/c19-17-7-12-4-13(8-17)6-16(5-12,10-17)15(24)23(11-18(20,21)22)9-14-2-1-3-25-14/h1-3,12-13H,4-11H2. The van der Waals surface area contributed by atoms with Crippen LogP contribution in [-0.4, -0.2) is 27.9 Å². The number of carbonyl (C=O) groups is 1. The quantitative estimate of drug-likeness (QED) is 0.649. The third-order valence-corrected chi connectivity index (χ3v) is 6.96. The second-order valence-corrected chi connectivity index (χ2v) is 9.93. The zero-order valence-electron chi connectivity index (χ0n) is 13.8. The van der Waals surface area contributed by atoms with E-state index in [1.54, 1.807) is 12.1 Å². The summed E-state index contributed by atoms with van der Waals surface area (Å²) >= 11 is 3.82. The van der Waals surface area contributed by atoms with Gasteiger partial charge in [-0.15, -0.1) is 0 Å². The van der Waals surface area contributed by atoms with Crippen molar-refractivity contribution >= 4 is 21.8 Å². The fourth-order valence-electron chi connectivity index (χ4n) is 5.74. The van der Waals surface area contributed by atoms with Gasteiger partial charge in [0.25, 0.3) is 0 Å². The van der Waals surface area contributed by atoms with Crippen LogP contribution in [0.25, 0.3) is 0 Å². The fourth-order valence-corrected chi connectivity index (χ4v) is 7.20. The van der Waals surface area contributed by atoms with Gasteiger partial charge in [0.05, 0.1) is 18.2 Å². The van der Waals surface area contributed by atoms with Crippen LogP contribution in [0.2, 0.25) is 0 Å². The summed E-state index contributed by atoms with van der Waals surface area (Å²) in [4.78, 5) is 14.3. The molecule has 4 saturated carbocycles. The minimum absolute atomic E-state index is 0.0681. The van der Waals surface area contributed by atoms with Crippen molar-refractivity contribution in [2.45, 2.75) is 55.6 Å². The normalized spacial score (nSPS) is 36.6. The summed E-state index contributed by atoms with van der Waals surface area (Å²) in [7, 11) is 0. The van der Waals surface area contributed by atoms with Gasteiger partial charge in [0, 0.05) is 4.32 Å². The number of furan rings is 1. The summed E-state index contributed by atoms with van der Waals surface area (Å²) in [6, 6.07) is 3.24. The maximum atomic E-state index is 13.3. The van der Waals surface area contributed by atoms with Gasteiger partial charge in [-0.1, -0.05) is 15.9 Å². The molecule has 0 aromatic carbocycles. The highest BCUT2D eigenvalue weighted by atomic mass is 79.9. The first-order valence-electron chi connectivity index (χ1n) is 8.74. The van der Waals surface area contributed by atoms with Gasteiger partial charge in [-0.05, 0) is 62.5 Å². The summed E-state index contributed by atoms with van der Waals surface area (Å²) < 4.78 is 44.5. The van der Waals surface area contributed by atoms with Crippen LogP contribution in [0, 0.1) is 17.3 Å². The SMILES string of the molecule is O=C(N(Cc1ccco1)CC(F)(F)F)C12CC3CC(CC(Br)(C3)C1)C2. The van der Waals surface area contributed by atoms with Crippen LogP contribution in [0.3, 0.4) is 0 Å². The molecule has 2 unspecified atom stereocenters. The second kappa shape index (κ2) is 5.76. The molecule has 0 radical (unpaired) electrons. The van der Waals surface area contributed by atoms with Crippen LogP contribution in [0.4, 0.5) is 13.2 Å². The minimum Gasteiger partial charge on any atom is -0.467 e. The van der Waals surface area contributed by atoms with E-state index >= 15 is 0 Å². The lowest BCUT2D eigenvalue weighted by Gasteiger charge is -2.60. The Morgan fingerprint density at radius 1 is 1.28 bits per heavy atom. The number of rotatable bonds is 4. The van der Waals surface area contributed by atoms with Crippen molar-refractivity contribution < 1.29 is 22.4 Å². The van der Waals surface area contributed by atoms with Crippen molar-refractivity contribution in [1.82, 2.24) is 4.90 Å². The van der Waals surface area contributed by atoms with Crippen LogP contribution in [-0.2, 0) is 11.3 Å². The molecule has 3 nitrogen and oxygen atoms in total. The van der Waals surface area contributed by atoms with Gasteiger partial charge in [0.1, 0.15) is 12.3 Å². The average molecular weight is 420 g/mol. The molecule has 4 aliphatic carbocycles. The first-order valence-corrected chi connectivity index (χ1v) is 9.53. The number of hydrogen-bond donors (Lipinski definition) is 0. The summed E-state index contributed by atoms with van der Waals surface area (Å²) in [6.45, 7) is -1.35. The first kappa shape index (κ1) is 17.4. The van der Waals surface area contributed by atoms with Gasteiger partial charge >= 0.3 is 6.18 Å². The summed E-state index contributed by atoms with van der Waals surface area (Å²) in [5.74, 6) is 0.928. The van der Waals surface area contributed by atoms with Gasteiger partial charge in [0.15, 0.2) is 0 Å². The van der Waals surface area contributed by atoms with E-state index in [0.29, 0.717) is 24.0 Å². The molecule has 1 aromatic heterocycles. The Bertz CT molecular complexity index is 644. The monoisotopic (exact) mass is 419 g/mol. The number of carbonyl (C=O) groups excluding carboxylic acids is 1. The molecule has 4 aliphatic rings. The molecule has 0 N–H and O–H groups in total. The summed E-state index contributed by atoms with van der Waals surface area (Å²) in [5, 5.41) is 0. The molecular formula is C18H21BrF3NO2. The van der Waals surface area contributed by atoms with Gasteiger partial charge in [0.2, 0.25) is 5.91 Å². The molecule has 4 fully saturated rings. The maximum Gasteiger partial charge on any atom is 0.406 e. The average Bonchev–Trinajstić information content (AvgIpc) is 2.94. The van der Waals surface area contributed by atoms with Crippen molar-refractivity contribution in [3.63, 3.8) is 0 Å². The molecule has 1 heterocycles. The zero-order chi connectivity index (χ0) is 17.9. The van der Waals surface area contributed by atoms with Gasteiger partial charge < -0.3 is 9.32 Å². The molecule has 2 atom stereocenters. The molecule has 0 aliphatic heterocycles. The van der Waals surface area contributed by atoms with Crippen LogP contribution in [0.1, 0.15) is 44.3 Å². The van der Waals surface area contributed by atoms with Gasteiger partial charge in [-0.2, -0.15) is 13.2 Å². The van der Waals surface area contributed by atoms with Crippen LogP contribution in [0.15, 0.2) is 22.8 Å². The molecule has 7 heteroatoms. The van der Waals surface area contributed by atoms with Crippen molar-refractivity contribution in [3.05, 3.63) is 24.2 Å². The minimum atomic E-state index is -4.42. The fraction of sp³-hybridized carbons (Fsp3) is 0.722. The summed E-state index contributed by atoms with van der Waals surface area (Å²) in [5.41, 5.74) is -0.647. The Labute approximate surface area is 153 Å². The van der Waals surface area contributed by atoms with E-state index in [1.165, 1.54) is 6.26 Å². The van der Waals surface area contributed by atoms with Crippen molar-refractivity contribution in [3.8, 4) is 0 Å². The third kappa shape index (κ3) is 3.36. The van der Waals surface area contributed by atoms with Crippen molar-refractivity contribution in [1.29, 1.82) is 0 Å². The van der Waals surface area contributed by atoms with E-state index in [0.717, 1.165) is 37.0 Å². The van der Waals surface area contributed by atoms with E-state index in [-0.39, 0.29) is 16.8 Å². The molecule has 25 heavy (non-hydrogen) atoms. The van der Waals surface area contributed by atoms with E-state index in [1.807, 2.05) is 0 Å². The molecule has 0 spiro atoms. The smallest absolute Gasteiger partial charge is 0.406 e. The van der Waals surface area contributed by atoms with E-state index in [4.69, 9.17) is 4.42 Å². The Morgan fingerprint density at radius 3 is 2.48 bits per heavy atom. The number of hydrogen-bond acceptors (Lipinski definition) is 2. The molecule has 0 saturated heterocycles. The number of halogens is 4. The number of amides is 1. The zero-order valence-corrected chi connectivity index (χ0v) is 15.4. The van der Waals surface area contributed by atoms with Gasteiger partial charge in [-0.3, -0.25) is 4.79 Å². The highest BCUT2D eigenvalue weighted by Crippen LogP contribution is 2.64. The Morgan fingerprint density at radius 2 is 1.96 bits per heavy atom. The van der Waals surface area contributed by atoms with Crippen molar-refractivity contribution in [2.75, 3.05) is 6.54 Å². The van der Waals surface area contributed by atoms with Crippen molar-refractivity contribution in [2.24, 2.45) is 17.3 Å². The third-order valence-electron chi connectivity index (χ3n) is 6.03. The highest BCUT2D eigenvalue weighted by Gasteiger charge is 2.60. The Hall–Kier alpha value is -0.980. The maximum absolute atomic E-state index is 13.3. The summed E-state index contributed by atoms with van der Waals surface area (Å²) in [6.07, 6.45) is 2.29. The molecule has 4 bridgehead atoms. The van der Waals surface area contributed by atoms with E-state index in [2.05, 4.69) is 15.9 Å². The lowest BCUT2D eigenvalue weighted by Crippen LogP contribution is -2.59. The number of alkyl halides is 4. The molecular weight excluding hydrogens is 399 g/mol. The molecule has 1 aromatic rings. The highest BCUT2D eigenvalue weighted by molar-refractivity contribution is 9.10. The lowest BCUT2D eigenvalue weighted by atomic mass is 9.49.